The number of aromatic amines is 1. The predicted octanol–water partition coefficient (Wildman–Crippen LogP) is -1.61. The third-order valence-corrected chi connectivity index (χ3v) is 3.89. The van der Waals surface area contributed by atoms with Crippen LogP contribution >= 0.6 is 0 Å². The van der Waals surface area contributed by atoms with Crippen molar-refractivity contribution in [3.8, 4) is 0 Å². The largest absolute Gasteiger partial charge is 0.480 e. The van der Waals surface area contributed by atoms with Crippen molar-refractivity contribution in [1.29, 1.82) is 0 Å². The summed E-state index contributed by atoms with van der Waals surface area (Å²) < 4.78 is 0. The Bertz CT molecular complexity index is 1120. The highest BCUT2D eigenvalue weighted by Gasteiger charge is 2.43. The van der Waals surface area contributed by atoms with Gasteiger partial charge in [-0.3, -0.25) is 9.59 Å². The Labute approximate surface area is 133 Å². The molecule has 0 unspecified atom stereocenters. The first-order valence-corrected chi connectivity index (χ1v) is 7.01. The number of para-hydroxylation sites is 2. The molecule has 0 amide bonds. The van der Waals surface area contributed by atoms with Crippen molar-refractivity contribution in [3.63, 3.8) is 0 Å². The van der Waals surface area contributed by atoms with E-state index in [2.05, 4.69) is 20.0 Å². The van der Waals surface area contributed by atoms with Gasteiger partial charge in [-0.1, -0.05) is 18.2 Å². The van der Waals surface area contributed by atoms with Crippen molar-refractivity contribution in [3.05, 3.63) is 57.6 Å². The van der Waals surface area contributed by atoms with Gasteiger partial charge in [0.05, 0.1) is 21.8 Å². The van der Waals surface area contributed by atoms with Gasteiger partial charge in [-0.25, -0.2) is 15.0 Å². The van der Waals surface area contributed by atoms with Gasteiger partial charge in [-0.15, -0.1) is 0 Å². The standard InChI is InChI=1S/C16H10N4O4/c21-14(22)16(15(23)24)6-5-10-11(7-16)20-13(19-10)12-17-8-3-1-2-4-9(8)18-12/h1-7,20H,(H,21,22)(H,23,24). The first-order valence-electron chi connectivity index (χ1n) is 7.01. The van der Waals surface area contributed by atoms with Gasteiger partial charge in [0, 0.05) is 0 Å². The summed E-state index contributed by atoms with van der Waals surface area (Å²) in [5, 5.41) is 20.3. The summed E-state index contributed by atoms with van der Waals surface area (Å²) in [5.74, 6) is -2.57. The Morgan fingerprint density at radius 2 is 1.67 bits per heavy atom. The molecule has 0 bridgehead atoms. The second-order valence-corrected chi connectivity index (χ2v) is 5.38. The fourth-order valence-corrected chi connectivity index (χ4v) is 2.60. The van der Waals surface area contributed by atoms with E-state index in [0.29, 0.717) is 33.1 Å². The van der Waals surface area contributed by atoms with Gasteiger partial charge >= 0.3 is 11.9 Å². The minimum Gasteiger partial charge on any atom is -0.480 e. The van der Waals surface area contributed by atoms with E-state index in [-0.39, 0.29) is 0 Å². The van der Waals surface area contributed by atoms with E-state index in [4.69, 9.17) is 0 Å². The maximum atomic E-state index is 11.4. The molecule has 2 aliphatic rings. The fourth-order valence-electron chi connectivity index (χ4n) is 2.60. The Balaban J connectivity index is 1.96. The van der Waals surface area contributed by atoms with Crippen LogP contribution < -0.4 is 21.5 Å². The lowest BCUT2D eigenvalue weighted by Gasteiger charge is -2.18. The smallest absolute Gasteiger partial charge is 0.329 e. The molecule has 2 heterocycles. The van der Waals surface area contributed by atoms with Crippen LogP contribution in [0.4, 0.5) is 0 Å². The second-order valence-electron chi connectivity index (χ2n) is 5.38. The Kier molecular flexibility index (Phi) is 2.77. The van der Waals surface area contributed by atoms with Crippen LogP contribution in [0.25, 0.3) is 18.0 Å². The van der Waals surface area contributed by atoms with Crippen molar-refractivity contribution in [2.45, 2.75) is 0 Å². The molecule has 0 saturated carbocycles. The van der Waals surface area contributed by atoms with Gasteiger partial charge in [0.2, 0.25) is 5.41 Å². The molecule has 0 fully saturated rings. The predicted molar refractivity (Wildman–Crippen MR) is 81.2 cm³/mol. The third kappa shape index (κ3) is 1.89. The number of fused-ring (bicyclic) bond motifs is 2. The van der Waals surface area contributed by atoms with E-state index >= 15 is 0 Å². The molecule has 4 rings (SSSR count). The number of imidazole rings is 1. The van der Waals surface area contributed by atoms with Crippen LogP contribution in [0.15, 0.2) is 40.3 Å². The normalized spacial score (nSPS) is 16.4. The molecule has 0 saturated heterocycles. The Morgan fingerprint density at radius 3 is 2.25 bits per heavy atom. The van der Waals surface area contributed by atoms with Gasteiger partial charge in [0.1, 0.15) is 0 Å². The van der Waals surface area contributed by atoms with Crippen LogP contribution in [-0.2, 0) is 9.59 Å². The fraction of sp³-hybridized carbons (Fsp3) is 0.0625. The molecule has 1 aromatic heterocycles. The number of rotatable bonds is 2. The third-order valence-electron chi connectivity index (χ3n) is 3.89. The lowest BCUT2D eigenvalue weighted by molar-refractivity contribution is -0.156. The average molecular weight is 322 g/mol. The van der Waals surface area contributed by atoms with Gasteiger partial charge in [0.15, 0.2) is 11.3 Å². The maximum Gasteiger partial charge on any atom is 0.329 e. The molecule has 8 nitrogen and oxygen atoms in total. The molecular weight excluding hydrogens is 312 g/mol. The monoisotopic (exact) mass is 322 g/mol. The van der Waals surface area contributed by atoms with E-state index < -0.39 is 17.4 Å². The van der Waals surface area contributed by atoms with Gasteiger partial charge < -0.3 is 15.2 Å². The van der Waals surface area contributed by atoms with E-state index in [9.17, 15) is 19.8 Å². The van der Waals surface area contributed by atoms with Crippen LogP contribution in [0.3, 0.4) is 0 Å². The Morgan fingerprint density at radius 1 is 1.04 bits per heavy atom. The minimum atomic E-state index is -2.12. The van der Waals surface area contributed by atoms with E-state index in [1.54, 1.807) is 0 Å². The van der Waals surface area contributed by atoms with Crippen LogP contribution in [0.2, 0.25) is 0 Å². The number of aliphatic carboxylic acids is 2. The first-order chi connectivity index (χ1) is 11.5. The van der Waals surface area contributed by atoms with Crippen molar-refractivity contribution >= 4 is 29.9 Å². The van der Waals surface area contributed by atoms with Crippen LogP contribution in [-0.4, -0.2) is 32.1 Å². The summed E-state index contributed by atoms with van der Waals surface area (Å²) >= 11 is 0. The highest BCUT2D eigenvalue weighted by Crippen LogP contribution is 2.25. The van der Waals surface area contributed by atoms with Gasteiger partial charge in [-0.2, -0.15) is 0 Å². The highest BCUT2D eigenvalue weighted by molar-refractivity contribution is 6.08. The van der Waals surface area contributed by atoms with Gasteiger partial charge in [0.25, 0.3) is 0 Å². The number of carboxylic acids is 2. The number of hydrogen-bond acceptors (Lipinski definition) is 5. The topological polar surface area (TPSA) is 128 Å². The van der Waals surface area contributed by atoms with Crippen molar-refractivity contribution in [2.75, 3.05) is 0 Å². The van der Waals surface area contributed by atoms with Crippen molar-refractivity contribution < 1.29 is 19.8 Å². The molecule has 0 spiro atoms. The van der Waals surface area contributed by atoms with E-state index in [1.165, 1.54) is 6.08 Å². The first kappa shape index (κ1) is 14.1. The number of benzene rings is 1. The molecule has 2 aromatic rings. The molecule has 0 radical (unpaired) electrons. The summed E-state index contributed by atoms with van der Waals surface area (Å²) in [6.07, 6.45) is 3.61. The molecule has 1 aromatic carbocycles. The summed E-state index contributed by atoms with van der Waals surface area (Å²) in [6.45, 7) is 0. The molecule has 24 heavy (non-hydrogen) atoms. The lowest BCUT2D eigenvalue weighted by Crippen LogP contribution is -2.38. The number of H-pyrrole nitrogens is 1. The lowest BCUT2D eigenvalue weighted by atomic mass is 9.84. The Hall–Kier alpha value is -3.55. The van der Waals surface area contributed by atoms with Crippen LogP contribution in [0.5, 0.6) is 0 Å². The number of nitrogens with zero attached hydrogens (tertiary/aromatic N) is 3. The molecule has 3 N–H and O–H groups in total. The number of nitrogens with one attached hydrogen (secondary N) is 1. The summed E-state index contributed by atoms with van der Waals surface area (Å²) in [7, 11) is 0. The molecule has 0 atom stereocenters. The van der Waals surface area contributed by atoms with Crippen molar-refractivity contribution in [1.82, 2.24) is 9.97 Å². The minimum absolute atomic E-state index is 0.311. The number of aromatic nitrogens is 2. The number of carbonyl (C=O) groups is 2. The summed E-state index contributed by atoms with van der Waals surface area (Å²) in [5.41, 5.74) is -1.32. The SMILES string of the molecule is O=C(O)C1(C(=O)O)C=Cc2nc(=C3N=c4ccccc4=N3)[nH]c2=C1. The highest BCUT2D eigenvalue weighted by atomic mass is 16.4. The van der Waals surface area contributed by atoms with Crippen molar-refractivity contribution in [2.24, 2.45) is 15.4 Å². The zero-order valence-electron chi connectivity index (χ0n) is 12.1. The van der Waals surface area contributed by atoms with E-state index in [1.807, 2.05) is 24.3 Å². The van der Waals surface area contributed by atoms with Gasteiger partial charge in [-0.05, 0) is 24.3 Å². The quantitative estimate of drug-likeness (QED) is 0.573. The second kappa shape index (κ2) is 4.72. The van der Waals surface area contributed by atoms with E-state index in [0.717, 1.165) is 12.2 Å². The molecule has 1 aliphatic heterocycles. The molecule has 1 aliphatic carbocycles. The van der Waals surface area contributed by atoms with Crippen LogP contribution in [0, 0.1) is 5.41 Å². The zero-order valence-corrected chi connectivity index (χ0v) is 12.1. The average Bonchev–Trinajstić information content (AvgIpc) is 3.16. The maximum absolute atomic E-state index is 11.4. The molecule has 118 valence electrons. The summed E-state index contributed by atoms with van der Waals surface area (Å²) in [4.78, 5) is 38.7. The number of carboxylic acid groups (broad SMARTS) is 2. The zero-order chi connectivity index (χ0) is 16.9. The van der Waals surface area contributed by atoms with Crippen LogP contribution in [0.1, 0.15) is 5.69 Å². The molecular formula is C16H10N4O4. The molecule has 8 heteroatoms. The summed E-state index contributed by atoms with van der Waals surface area (Å²) in [6, 6.07) is 7.33. The number of hydrogen-bond donors (Lipinski definition) is 3.